The summed E-state index contributed by atoms with van der Waals surface area (Å²) in [4.78, 5) is 5.76. The Hall–Kier alpha value is -1.61. The summed E-state index contributed by atoms with van der Waals surface area (Å²) in [6.45, 7) is 9.17. The van der Waals surface area contributed by atoms with Crippen molar-refractivity contribution in [2.75, 3.05) is 0 Å². The van der Waals surface area contributed by atoms with Crippen LogP contribution in [0.4, 0.5) is 0 Å². The average Bonchev–Trinajstić information content (AvgIpc) is 3.04. The zero-order valence-electron chi connectivity index (χ0n) is 15.1. The Labute approximate surface area is 144 Å². The molecular formula is C21H27NO2. The molecule has 2 fully saturated rings. The number of benzene rings is 1. The second-order valence-electron chi connectivity index (χ2n) is 8.60. The summed E-state index contributed by atoms with van der Waals surface area (Å²) in [5.41, 5.74) is 3.52. The van der Waals surface area contributed by atoms with E-state index in [0.29, 0.717) is 0 Å². The molecule has 0 radical (unpaired) electrons. The minimum absolute atomic E-state index is 0.208. The van der Waals surface area contributed by atoms with Crippen LogP contribution in [0.25, 0.3) is 0 Å². The number of fused-ring (bicyclic) bond motifs is 2. The van der Waals surface area contributed by atoms with Gasteiger partial charge in [-0.2, -0.15) is 0 Å². The molecule has 2 aliphatic carbocycles. The fraction of sp³-hybridized carbons (Fsp3) is 0.571. The molecule has 2 bridgehead atoms. The van der Waals surface area contributed by atoms with Gasteiger partial charge in [0.25, 0.3) is 0 Å². The Kier molecular flexibility index (Phi) is 3.61. The second kappa shape index (κ2) is 5.45. The van der Waals surface area contributed by atoms with Gasteiger partial charge in [-0.3, -0.25) is 0 Å². The van der Waals surface area contributed by atoms with Gasteiger partial charge in [-0.1, -0.05) is 56.3 Å². The maximum atomic E-state index is 6.50. The van der Waals surface area contributed by atoms with E-state index in [1.165, 1.54) is 19.3 Å². The van der Waals surface area contributed by atoms with Gasteiger partial charge < -0.3 is 9.57 Å². The van der Waals surface area contributed by atoms with Crippen molar-refractivity contribution in [2.45, 2.75) is 59.4 Å². The van der Waals surface area contributed by atoms with E-state index in [2.05, 4.69) is 38.9 Å². The minimum Gasteiger partial charge on any atom is -0.358 e. The van der Waals surface area contributed by atoms with Crippen LogP contribution in [0.1, 0.15) is 52.5 Å². The number of allylic oxidation sites excluding steroid dienone is 1. The number of rotatable bonds is 3. The van der Waals surface area contributed by atoms with Crippen LogP contribution in [-0.4, -0.2) is 18.1 Å². The third kappa shape index (κ3) is 2.41. The second-order valence-corrected chi connectivity index (χ2v) is 8.60. The summed E-state index contributed by atoms with van der Waals surface area (Å²) in [6, 6.07) is 10.1. The number of hydrogen-bond acceptors (Lipinski definition) is 3. The van der Waals surface area contributed by atoms with Gasteiger partial charge in [-0.15, -0.1) is 0 Å². The first kappa shape index (κ1) is 15.9. The summed E-state index contributed by atoms with van der Waals surface area (Å²) in [6.07, 6.45) is 5.83. The van der Waals surface area contributed by atoms with Gasteiger partial charge in [0.2, 0.25) is 6.29 Å². The lowest BCUT2D eigenvalue weighted by Gasteiger charge is -2.43. The fourth-order valence-corrected chi connectivity index (χ4v) is 5.09. The van der Waals surface area contributed by atoms with E-state index in [-0.39, 0.29) is 23.2 Å². The Bertz CT molecular complexity index is 686. The SMILES string of the molecule is CC1=CC(c2ccccc2)=NO[C@H]1O[C@H]1C(C)(C)[C@H]2CC[C@]1(C)C2. The first-order valence-corrected chi connectivity index (χ1v) is 9.03. The van der Waals surface area contributed by atoms with E-state index in [1.54, 1.807) is 0 Å². The van der Waals surface area contributed by atoms with E-state index < -0.39 is 0 Å². The monoisotopic (exact) mass is 325 g/mol. The zero-order chi connectivity index (χ0) is 16.9. The molecule has 4 atom stereocenters. The summed E-state index contributed by atoms with van der Waals surface area (Å²) >= 11 is 0. The van der Waals surface area contributed by atoms with Gasteiger partial charge in [-0.25, -0.2) is 0 Å². The summed E-state index contributed by atoms with van der Waals surface area (Å²) in [5, 5.41) is 4.32. The van der Waals surface area contributed by atoms with Crippen molar-refractivity contribution in [3.05, 3.63) is 47.5 Å². The summed E-state index contributed by atoms with van der Waals surface area (Å²) < 4.78 is 6.50. The third-order valence-electron chi connectivity index (χ3n) is 6.45. The topological polar surface area (TPSA) is 30.8 Å². The van der Waals surface area contributed by atoms with Crippen LogP contribution in [-0.2, 0) is 9.57 Å². The van der Waals surface area contributed by atoms with Gasteiger partial charge in [0, 0.05) is 5.56 Å². The number of ether oxygens (including phenoxy) is 1. The smallest absolute Gasteiger partial charge is 0.249 e. The van der Waals surface area contributed by atoms with Crippen molar-refractivity contribution < 1.29 is 9.57 Å². The maximum absolute atomic E-state index is 6.50. The van der Waals surface area contributed by atoms with Crippen molar-refractivity contribution in [3.63, 3.8) is 0 Å². The summed E-state index contributed by atoms with van der Waals surface area (Å²) in [7, 11) is 0. The molecule has 1 aromatic rings. The molecule has 3 nitrogen and oxygen atoms in total. The van der Waals surface area contributed by atoms with Crippen LogP contribution >= 0.6 is 0 Å². The highest BCUT2D eigenvalue weighted by Crippen LogP contribution is 2.63. The van der Waals surface area contributed by atoms with Crippen LogP contribution in [0.5, 0.6) is 0 Å². The van der Waals surface area contributed by atoms with Crippen molar-refractivity contribution >= 4 is 5.71 Å². The lowest BCUT2D eigenvalue weighted by atomic mass is 9.70. The minimum atomic E-state index is -0.363. The lowest BCUT2D eigenvalue weighted by molar-refractivity contribution is -0.203. The van der Waals surface area contributed by atoms with Crippen LogP contribution in [0.3, 0.4) is 0 Å². The Balaban J connectivity index is 1.52. The maximum Gasteiger partial charge on any atom is 0.249 e. The molecule has 24 heavy (non-hydrogen) atoms. The average molecular weight is 325 g/mol. The molecule has 4 rings (SSSR count). The molecule has 0 aromatic heterocycles. The first-order valence-electron chi connectivity index (χ1n) is 9.03. The quantitative estimate of drug-likeness (QED) is 0.789. The van der Waals surface area contributed by atoms with Crippen LogP contribution < -0.4 is 0 Å². The van der Waals surface area contributed by atoms with Gasteiger partial charge in [0.15, 0.2) is 0 Å². The molecule has 1 aliphatic heterocycles. The largest absolute Gasteiger partial charge is 0.358 e. The predicted molar refractivity (Wildman–Crippen MR) is 95.7 cm³/mol. The zero-order valence-corrected chi connectivity index (χ0v) is 15.1. The number of hydrogen-bond donors (Lipinski definition) is 0. The van der Waals surface area contributed by atoms with Gasteiger partial charge >= 0.3 is 0 Å². The molecule has 1 heterocycles. The van der Waals surface area contributed by atoms with Gasteiger partial charge in [-0.05, 0) is 54.6 Å². The Morgan fingerprint density at radius 1 is 1.17 bits per heavy atom. The van der Waals surface area contributed by atoms with E-state index in [1.807, 2.05) is 30.3 Å². The first-order chi connectivity index (χ1) is 11.4. The molecule has 0 amide bonds. The highest BCUT2D eigenvalue weighted by atomic mass is 16.8. The molecule has 0 saturated heterocycles. The Morgan fingerprint density at radius 3 is 2.54 bits per heavy atom. The highest BCUT2D eigenvalue weighted by molar-refractivity contribution is 6.09. The molecule has 0 spiro atoms. The normalized spacial score (nSPS) is 36.9. The molecule has 0 unspecified atom stereocenters. The molecule has 1 aromatic carbocycles. The molecule has 3 heteroatoms. The van der Waals surface area contributed by atoms with Gasteiger partial charge in [0.05, 0.1) is 6.10 Å². The van der Waals surface area contributed by atoms with Crippen LogP contribution in [0, 0.1) is 16.7 Å². The molecular weight excluding hydrogens is 298 g/mol. The van der Waals surface area contributed by atoms with E-state index in [4.69, 9.17) is 9.57 Å². The standard InChI is InChI=1S/C21H27NO2/c1-14-12-17(15-8-6-5-7-9-15)22-24-18(14)23-19-20(2,3)16-10-11-21(19,4)13-16/h5-9,12,16,18-19H,10-11,13H2,1-4H3/t16-,18+,19-,21+/m0/s1. The van der Waals surface area contributed by atoms with E-state index in [9.17, 15) is 0 Å². The molecule has 0 N–H and O–H groups in total. The third-order valence-corrected chi connectivity index (χ3v) is 6.45. The van der Waals surface area contributed by atoms with Gasteiger partial charge in [0.1, 0.15) is 5.71 Å². The Morgan fingerprint density at radius 2 is 1.92 bits per heavy atom. The van der Waals surface area contributed by atoms with Crippen molar-refractivity contribution in [3.8, 4) is 0 Å². The van der Waals surface area contributed by atoms with E-state index in [0.717, 1.165) is 22.8 Å². The number of oxime groups is 1. The molecule has 128 valence electrons. The fourth-order valence-electron chi connectivity index (χ4n) is 5.09. The van der Waals surface area contributed by atoms with Crippen LogP contribution in [0.2, 0.25) is 0 Å². The number of nitrogens with zero attached hydrogens (tertiary/aromatic N) is 1. The molecule has 2 saturated carbocycles. The van der Waals surface area contributed by atoms with Crippen molar-refractivity contribution in [1.29, 1.82) is 0 Å². The summed E-state index contributed by atoms with van der Waals surface area (Å²) in [5.74, 6) is 0.767. The van der Waals surface area contributed by atoms with Crippen LogP contribution in [0.15, 0.2) is 47.1 Å². The van der Waals surface area contributed by atoms with Crippen molar-refractivity contribution in [1.82, 2.24) is 0 Å². The van der Waals surface area contributed by atoms with E-state index >= 15 is 0 Å². The highest BCUT2D eigenvalue weighted by Gasteiger charge is 2.60. The lowest BCUT2D eigenvalue weighted by Crippen LogP contribution is -2.45. The van der Waals surface area contributed by atoms with Crippen molar-refractivity contribution in [2.24, 2.45) is 21.9 Å². The molecule has 3 aliphatic rings. The predicted octanol–water partition coefficient (Wildman–Crippen LogP) is 4.92.